The molecule has 7 nitrogen and oxygen atoms in total. The number of anilines is 1. The van der Waals surface area contributed by atoms with Gasteiger partial charge in [0.2, 0.25) is 0 Å². The van der Waals surface area contributed by atoms with Crippen molar-refractivity contribution < 1.29 is 18.7 Å². The fourth-order valence-electron chi connectivity index (χ4n) is 2.78. The first-order valence-electron chi connectivity index (χ1n) is 8.39. The molecule has 0 bridgehead atoms. The quantitative estimate of drug-likeness (QED) is 0.732. The number of furan rings is 1. The molecule has 0 radical (unpaired) electrons. The van der Waals surface area contributed by atoms with Gasteiger partial charge >= 0.3 is 0 Å². The summed E-state index contributed by atoms with van der Waals surface area (Å²) in [5.74, 6) is 0.934. The molecule has 0 aliphatic carbocycles. The van der Waals surface area contributed by atoms with E-state index in [0.29, 0.717) is 35.3 Å². The van der Waals surface area contributed by atoms with Crippen LogP contribution in [0.1, 0.15) is 26.8 Å². The van der Waals surface area contributed by atoms with E-state index < -0.39 is 0 Å². The summed E-state index contributed by atoms with van der Waals surface area (Å²) in [5, 5.41) is 5.13. The lowest BCUT2D eigenvalue weighted by Gasteiger charge is -2.29. The molecule has 8 heteroatoms. The zero-order chi connectivity index (χ0) is 18.8. The molecule has 3 heterocycles. The largest absolute Gasteiger partial charge is 0.482 e. The average Bonchev–Trinajstić information content (AvgIpc) is 3.34. The molecule has 1 aliphatic heterocycles. The Morgan fingerprint density at radius 3 is 3.07 bits per heavy atom. The molecule has 1 N–H and O–H groups in total. The Morgan fingerprint density at radius 2 is 2.26 bits per heavy atom. The van der Waals surface area contributed by atoms with Crippen LogP contribution >= 0.6 is 11.3 Å². The SMILES string of the molecule is Cc1ccc2c(c1)N(Cc1nc(C(=O)NCc3ccco3)cs1)C(=O)CO2. The number of nitrogens with zero attached hydrogens (tertiary/aromatic N) is 2. The highest BCUT2D eigenvalue weighted by molar-refractivity contribution is 7.09. The van der Waals surface area contributed by atoms with Gasteiger partial charge in [-0.05, 0) is 36.8 Å². The van der Waals surface area contributed by atoms with E-state index in [2.05, 4.69) is 10.3 Å². The lowest BCUT2D eigenvalue weighted by atomic mass is 10.1. The fraction of sp³-hybridized carbons (Fsp3) is 0.211. The number of aryl methyl sites for hydroxylation is 1. The number of hydrogen-bond donors (Lipinski definition) is 1. The summed E-state index contributed by atoms with van der Waals surface area (Å²) in [6.45, 7) is 2.56. The van der Waals surface area contributed by atoms with Crippen LogP contribution in [0, 0.1) is 6.92 Å². The summed E-state index contributed by atoms with van der Waals surface area (Å²) < 4.78 is 10.7. The molecule has 0 atom stereocenters. The summed E-state index contributed by atoms with van der Waals surface area (Å²) in [7, 11) is 0. The van der Waals surface area contributed by atoms with E-state index in [4.69, 9.17) is 9.15 Å². The van der Waals surface area contributed by atoms with E-state index in [0.717, 1.165) is 11.3 Å². The number of aromatic nitrogens is 1. The minimum Gasteiger partial charge on any atom is -0.482 e. The number of nitrogens with one attached hydrogen (secondary N) is 1. The summed E-state index contributed by atoms with van der Waals surface area (Å²) in [4.78, 5) is 30.6. The molecule has 3 aromatic rings. The molecule has 0 spiro atoms. The Hall–Kier alpha value is -3.13. The molecule has 0 unspecified atom stereocenters. The molecule has 0 fully saturated rings. The number of fused-ring (bicyclic) bond motifs is 1. The van der Waals surface area contributed by atoms with E-state index in [9.17, 15) is 9.59 Å². The van der Waals surface area contributed by atoms with Crippen molar-refractivity contribution in [3.8, 4) is 5.75 Å². The van der Waals surface area contributed by atoms with Crippen molar-refractivity contribution in [2.24, 2.45) is 0 Å². The van der Waals surface area contributed by atoms with Gasteiger partial charge in [0.1, 0.15) is 22.2 Å². The smallest absolute Gasteiger partial charge is 0.271 e. The van der Waals surface area contributed by atoms with Crippen molar-refractivity contribution in [1.29, 1.82) is 0 Å². The van der Waals surface area contributed by atoms with E-state index in [1.54, 1.807) is 28.7 Å². The van der Waals surface area contributed by atoms with Gasteiger partial charge in [0.15, 0.2) is 6.61 Å². The topological polar surface area (TPSA) is 84.7 Å². The van der Waals surface area contributed by atoms with Crippen molar-refractivity contribution in [2.75, 3.05) is 11.5 Å². The molecule has 0 saturated heterocycles. The number of rotatable bonds is 5. The highest BCUT2D eigenvalue weighted by Gasteiger charge is 2.26. The Bertz CT molecular complexity index is 981. The number of benzene rings is 1. The second-order valence-electron chi connectivity index (χ2n) is 6.13. The molecule has 138 valence electrons. The summed E-state index contributed by atoms with van der Waals surface area (Å²) in [6.07, 6.45) is 1.56. The first kappa shape index (κ1) is 17.3. The minimum absolute atomic E-state index is 0.00206. The highest BCUT2D eigenvalue weighted by atomic mass is 32.1. The monoisotopic (exact) mass is 383 g/mol. The third-order valence-electron chi connectivity index (χ3n) is 4.14. The number of carbonyl (C=O) groups is 2. The molecule has 2 aromatic heterocycles. The highest BCUT2D eigenvalue weighted by Crippen LogP contribution is 2.34. The molecule has 27 heavy (non-hydrogen) atoms. The average molecular weight is 383 g/mol. The zero-order valence-electron chi connectivity index (χ0n) is 14.6. The predicted molar refractivity (Wildman–Crippen MR) is 99.9 cm³/mol. The van der Waals surface area contributed by atoms with Crippen LogP contribution in [0.4, 0.5) is 5.69 Å². The van der Waals surface area contributed by atoms with Crippen LogP contribution in [0.15, 0.2) is 46.4 Å². The minimum atomic E-state index is -0.279. The maximum atomic E-state index is 12.3. The van der Waals surface area contributed by atoms with Crippen LogP contribution in [0.3, 0.4) is 0 Å². The van der Waals surface area contributed by atoms with Crippen LogP contribution < -0.4 is 15.0 Å². The lowest BCUT2D eigenvalue weighted by Crippen LogP contribution is -2.38. The molecular formula is C19H17N3O4S. The first-order valence-corrected chi connectivity index (χ1v) is 9.27. The Morgan fingerprint density at radius 1 is 1.37 bits per heavy atom. The van der Waals surface area contributed by atoms with Crippen LogP contribution in [0.2, 0.25) is 0 Å². The van der Waals surface area contributed by atoms with Crippen LogP contribution in [-0.4, -0.2) is 23.4 Å². The number of hydrogen-bond acceptors (Lipinski definition) is 6. The number of carbonyl (C=O) groups excluding carboxylic acids is 2. The van der Waals surface area contributed by atoms with Crippen LogP contribution in [0.5, 0.6) is 5.75 Å². The van der Waals surface area contributed by atoms with Gasteiger partial charge in [-0.25, -0.2) is 4.98 Å². The van der Waals surface area contributed by atoms with Crippen molar-refractivity contribution >= 4 is 28.8 Å². The normalized spacial score (nSPS) is 13.2. The second-order valence-corrected chi connectivity index (χ2v) is 7.07. The van der Waals surface area contributed by atoms with Gasteiger partial charge in [0.25, 0.3) is 11.8 Å². The molecule has 1 aromatic carbocycles. The van der Waals surface area contributed by atoms with Gasteiger partial charge in [0.05, 0.1) is 25.0 Å². The Balaban J connectivity index is 1.47. The van der Waals surface area contributed by atoms with Crippen molar-refractivity contribution in [3.63, 3.8) is 0 Å². The van der Waals surface area contributed by atoms with Crippen LogP contribution in [-0.2, 0) is 17.9 Å². The van der Waals surface area contributed by atoms with Crippen molar-refractivity contribution in [3.05, 3.63) is 64.0 Å². The molecule has 1 aliphatic rings. The van der Waals surface area contributed by atoms with E-state index in [1.807, 2.05) is 25.1 Å². The van der Waals surface area contributed by atoms with Crippen LogP contribution in [0.25, 0.3) is 0 Å². The molecule has 2 amide bonds. The Kier molecular flexibility index (Phi) is 4.64. The van der Waals surface area contributed by atoms with E-state index in [-0.39, 0.29) is 18.4 Å². The zero-order valence-corrected chi connectivity index (χ0v) is 15.4. The van der Waals surface area contributed by atoms with Crippen molar-refractivity contribution in [2.45, 2.75) is 20.0 Å². The Labute approximate surface area is 159 Å². The molecular weight excluding hydrogens is 366 g/mol. The maximum absolute atomic E-state index is 12.3. The summed E-state index contributed by atoms with van der Waals surface area (Å²) >= 11 is 1.35. The number of ether oxygens (including phenoxy) is 1. The third-order valence-corrected chi connectivity index (χ3v) is 4.97. The second kappa shape index (κ2) is 7.24. The van der Waals surface area contributed by atoms with Gasteiger partial charge in [-0.3, -0.25) is 14.5 Å². The molecule has 4 rings (SSSR count). The number of thiazole rings is 1. The predicted octanol–water partition coefficient (Wildman–Crippen LogP) is 2.90. The van der Waals surface area contributed by atoms with Gasteiger partial charge in [-0.2, -0.15) is 0 Å². The first-order chi connectivity index (χ1) is 13.1. The van der Waals surface area contributed by atoms with E-state index in [1.165, 1.54) is 11.3 Å². The lowest BCUT2D eigenvalue weighted by molar-refractivity contribution is -0.121. The number of amides is 2. The van der Waals surface area contributed by atoms with Gasteiger partial charge < -0.3 is 14.5 Å². The van der Waals surface area contributed by atoms with E-state index >= 15 is 0 Å². The maximum Gasteiger partial charge on any atom is 0.271 e. The standard InChI is InChI=1S/C19H17N3O4S/c1-12-4-5-16-15(7-12)22(18(23)10-26-16)9-17-21-14(11-27-17)19(24)20-8-13-3-2-6-25-13/h2-7,11H,8-10H2,1H3,(H,20,24). The van der Waals surface area contributed by atoms with Crippen molar-refractivity contribution in [1.82, 2.24) is 10.3 Å². The fourth-order valence-corrected chi connectivity index (χ4v) is 3.54. The van der Waals surface area contributed by atoms with Gasteiger partial charge in [-0.1, -0.05) is 6.07 Å². The van der Waals surface area contributed by atoms with Gasteiger partial charge in [0, 0.05) is 5.38 Å². The molecule has 0 saturated carbocycles. The third kappa shape index (κ3) is 3.70. The summed E-state index contributed by atoms with van der Waals surface area (Å²) in [5.41, 5.74) is 2.09. The summed E-state index contributed by atoms with van der Waals surface area (Å²) in [6, 6.07) is 9.27. The van der Waals surface area contributed by atoms with Gasteiger partial charge in [-0.15, -0.1) is 11.3 Å².